The van der Waals surface area contributed by atoms with E-state index in [4.69, 9.17) is 0 Å². The number of benzene rings is 1. The molecule has 1 aromatic rings. The van der Waals surface area contributed by atoms with Gasteiger partial charge in [-0.05, 0) is 56.3 Å². The zero-order valence-corrected chi connectivity index (χ0v) is 12.6. The molecule has 2 N–H and O–H groups in total. The van der Waals surface area contributed by atoms with Gasteiger partial charge in [-0.3, -0.25) is 0 Å². The minimum absolute atomic E-state index is 0.528. The van der Waals surface area contributed by atoms with Crippen LogP contribution in [0.5, 0.6) is 0 Å². The van der Waals surface area contributed by atoms with Crippen molar-refractivity contribution in [2.75, 3.05) is 11.9 Å². The summed E-state index contributed by atoms with van der Waals surface area (Å²) >= 11 is 0. The maximum Gasteiger partial charge on any atom is 0.0342 e. The molecule has 0 bridgehead atoms. The van der Waals surface area contributed by atoms with Crippen LogP contribution < -0.4 is 10.6 Å². The van der Waals surface area contributed by atoms with Gasteiger partial charge in [0.15, 0.2) is 0 Å². The molecule has 2 atom stereocenters. The Morgan fingerprint density at radius 1 is 1.16 bits per heavy atom. The Hall–Kier alpha value is -1.02. The Balaban J connectivity index is 1.82. The maximum absolute atomic E-state index is 3.62. The van der Waals surface area contributed by atoms with E-state index < -0.39 is 0 Å². The summed E-state index contributed by atoms with van der Waals surface area (Å²) in [4.78, 5) is 0. The Morgan fingerprint density at radius 2 is 1.89 bits per heavy atom. The van der Waals surface area contributed by atoms with Crippen molar-refractivity contribution in [1.82, 2.24) is 5.32 Å². The third kappa shape index (κ3) is 4.54. The van der Waals surface area contributed by atoms with Gasteiger partial charge in [0.05, 0.1) is 0 Å². The van der Waals surface area contributed by atoms with Crippen LogP contribution in [0.15, 0.2) is 24.3 Å². The zero-order chi connectivity index (χ0) is 13.7. The molecule has 0 spiro atoms. The zero-order valence-electron chi connectivity index (χ0n) is 12.6. The van der Waals surface area contributed by atoms with Gasteiger partial charge in [-0.1, -0.05) is 32.4 Å². The molecule has 1 aliphatic heterocycles. The minimum Gasteiger partial charge on any atom is -0.383 e. The molecule has 0 aromatic heterocycles. The van der Waals surface area contributed by atoms with Crippen molar-refractivity contribution in [2.45, 2.75) is 64.5 Å². The first-order chi connectivity index (χ1) is 9.15. The Morgan fingerprint density at radius 3 is 2.47 bits per heavy atom. The Bertz CT molecular complexity index is 363. The first-order valence-corrected chi connectivity index (χ1v) is 7.75. The average molecular weight is 260 g/mol. The SMILES string of the molecule is CC(CC1CCCCN1)Nc1ccc(C(C)C)cc1. The summed E-state index contributed by atoms with van der Waals surface area (Å²) in [5, 5.41) is 7.24. The van der Waals surface area contributed by atoms with Gasteiger partial charge in [0, 0.05) is 17.8 Å². The smallest absolute Gasteiger partial charge is 0.0342 e. The molecule has 1 saturated heterocycles. The van der Waals surface area contributed by atoms with Crippen LogP contribution in [-0.4, -0.2) is 18.6 Å². The van der Waals surface area contributed by atoms with Gasteiger partial charge in [-0.25, -0.2) is 0 Å². The number of hydrogen-bond acceptors (Lipinski definition) is 2. The summed E-state index contributed by atoms with van der Waals surface area (Å²) in [6, 6.07) is 10.1. The second kappa shape index (κ2) is 6.95. The van der Waals surface area contributed by atoms with Gasteiger partial charge in [0.25, 0.3) is 0 Å². The van der Waals surface area contributed by atoms with E-state index in [2.05, 4.69) is 55.7 Å². The lowest BCUT2D eigenvalue weighted by Gasteiger charge is -2.27. The third-order valence-corrected chi connectivity index (χ3v) is 4.04. The van der Waals surface area contributed by atoms with Crippen LogP contribution in [0.2, 0.25) is 0 Å². The van der Waals surface area contributed by atoms with Crippen LogP contribution in [0.1, 0.15) is 57.9 Å². The minimum atomic E-state index is 0.528. The fraction of sp³-hybridized carbons (Fsp3) is 0.647. The van der Waals surface area contributed by atoms with Crippen molar-refractivity contribution in [1.29, 1.82) is 0 Å². The molecule has 0 saturated carbocycles. The summed E-state index contributed by atoms with van der Waals surface area (Å²) in [6.07, 6.45) is 5.27. The largest absolute Gasteiger partial charge is 0.383 e. The van der Waals surface area contributed by atoms with E-state index in [0.717, 1.165) is 0 Å². The van der Waals surface area contributed by atoms with Crippen molar-refractivity contribution < 1.29 is 0 Å². The summed E-state index contributed by atoms with van der Waals surface area (Å²) < 4.78 is 0. The van der Waals surface area contributed by atoms with Crippen LogP contribution in [0.3, 0.4) is 0 Å². The predicted octanol–water partition coefficient (Wildman–Crippen LogP) is 4.14. The lowest BCUT2D eigenvalue weighted by Crippen LogP contribution is -2.37. The molecule has 2 rings (SSSR count). The highest BCUT2D eigenvalue weighted by Crippen LogP contribution is 2.19. The molecular weight excluding hydrogens is 232 g/mol. The lowest BCUT2D eigenvalue weighted by molar-refractivity contribution is 0.371. The van der Waals surface area contributed by atoms with E-state index in [1.807, 2.05) is 0 Å². The molecule has 106 valence electrons. The Kier molecular flexibility index (Phi) is 5.26. The molecular formula is C17H28N2. The molecule has 2 unspecified atom stereocenters. The van der Waals surface area contributed by atoms with Gasteiger partial charge < -0.3 is 10.6 Å². The molecule has 0 aliphatic carbocycles. The van der Waals surface area contributed by atoms with Crippen LogP contribution >= 0.6 is 0 Å². The van der Waals surface area contributed by atoms with E-state index >= 15 is 0 Å². The molecule has 0 amide bonds. The number of piperidine rings is 1. The van der Waals surface area contributed by atoms with Crippen LogP contribution in [0.4, 0.5) is 5.69 Å². The van der Waals surface area contributed by atoms with Crippen molar-refractivity contribution in [2.24, 2.45) is 0 Å². The second-order valence-electron chi connectivity index (χ2n) is 6.20. The molecule has 1 aliphatic rings. The van der Waals surface area contributed by atoms with E-state index in [1.165, 1.54) is 43.5 Å². The van der Waals surface area contributed by atoms with Gasteiger partial charge in [0.1, 0.15) is 0 Å². The lowest BCUT2D eigenvalue weighted by atomic mass is 9.98. The number of rotatable bonds is 5. The number of nitrogens with one attached hydrogen (secondary N) is 2. The maximum atomic E-state index is 3.62. The third-order valence-electron chi connectivity index (χ3n) is 4.04. The van der Waals surface area contributed by atoms with Crippen molar-refractivity contribution in [3.63, 3.8) is 0 Å². The molecule has 1 heterocycles. The summed E-state index contributed by atoms with van der Waals surface area (Å²) in [5.41, 5.74) is 2.65. The van der Waals surface area contributed by atoms with Crippen molar-refractivity contribution in [3.05, 3.63) is 29.8 Å². The number of hydrogen-bond donors (Lipinski definition) is 2. The fourth-order valence-corrected chi connectivity index (χ4v) is 2.86. The average Bonchev–Trinajstić information content (AvgIpc) is 2.40. The van der Waals surface area contributed by atoms with Crippen molar-refractivity contribution in [3.8, 4) is 0 Å². The van der Waals surface area contributed by atoms with Gasteiger partial charge >= 0.3 is 0 Å². The highest BCUT2D eigenvalue weighted by atomic mass is 15.0. The first kappa shape index (κ1) is 14.4. The van der Waals surface area contributed by atoms with Gasteiger partial charge in [-0.15, -0.1) is 0 Å². The van der Waals surface area contributed by atoms with E-state index in [9.17, 15) is 0 Å². The van der Waals surface area contributed by atoms with Gasteiger partial charge in [-0.2, -0.15) is 0 Å². The van der Waals surface area contributed by atoms with Crippen LogP contribution in [0, 0.1) is 0 Å². The first-order valence-electron chi connectivity index (χ1n) is 7.75. The predicted molar refractivity (Wildman–Crippen MR) is 83.9 cm³/mol. The molecule has 1 aromatic carbocycles. The standard InChI is InChI=1S/C17H28N2/c1-13(2)15-7-9-16(10-8-15)19-14(3)12-17-6-4-5-11-18-17/h7-10,13-14,17-19H,4-6,11-12H2,1-3H3. The quantitative estimate of drug-likeness (QED) is 0.831. The normalized spacial score (nSPS) is 21.4. The summed E-state index contributed by atoms with van der Waals surface area (Å²) in [7, 11) is 0. The summed E-state index contributed by atoms with van der Waals surface area (Å²) in [6.45, 7) is 7.95. The molecule has 19 heavy (non-hydrogen) atoms. The molecule has 2 heteroatoms. The van der Waals surface area contributed by atoms with E-state index in [1.54, 1.807) is 0 Å². The van der Waals surface area contributed by atoms with Crippen molar-refractivity contribution >= 4 is 5.69 Å². The second-order valence-corrected chi connectivity index (χ2v) is 6.20. The fourth-order valence-electron chi connectivity index (χ4n) is 2.86. The molecule has 1 fully saturated rings. The highest BCUT2D eigenvalue weighted by Gasteiger charge is 2.15. The Labute approximate surface area is 118 Å². The van der Waals surface area contributed by atoms with E-state index in [0.29, 0.717) is 18.0 Å². The highest BCUT2D eigenvalue weighted by molar-refractivity contribution is 5.45. The number of anilines is 1. The van der Waals surface area contributed by atoms with Crippen LogP contribution in [0.25, 0.3) is 0 Å². The van der Waals surface area contributed by atoms with E-state index in [-0.39, 0.29) is 0 Å². The molecule has 0 radical (unpaired) electrons. The topological polar surface area (TPSA) is 24.1 Å². The monoisotopic (exact) mass is 260 g/mol. The molecule has 2 nitrogen and oxygen atoms in total. The van der Waals surface area contributed by atoms with Gasteiger partial charge in [0.2, 0.25) is 0 Å². The van der Waals surface area contributed by atoms with Crippen LogP contribution in [-0.2, 0) is 0 Å². The summed E-state index contributed by atoms with van der Waals surface area (Å²) in [5.74, 6) is 0.609.